The Kier molecular flexibility index (Phi) is 1.44. The number of anilines is 1. The molecule has 0 aliphatic rings. The highest BCUT2D eigenvalue weighted by Crippen LogP contribution is 2.19. The van der Waals surface area contributed by atoms with Crippen molar-refractivity contribution in [2.75, 3.05) is 11.6 Å². The molecule has 0 fully saturated rings. The minimum Gasteiger partial charge on any atom is -0.383 e. The van der Waals surface area contributed by atoms with E-state index >= 15 is 0 Å². The summed E-state index contributed by atoms with van der Waals surface area (Å²) in [5.74, 6) is 6.51. The fourth-order valence-electron chi connectivity index (χ4n) is 1.02. The first-order valence-corrected chi connectivity index (χ1v) is 3.62. The van der Waals surface area contributed by atoms with Crippen molar-refractivity contribution >= 4 is 5.82 Å². The number of nitrogens with zero attached hydrogens (tertiary/aromatic N) is 5. The van der Waals surface area contributed by atoms with Crippen molar-refractivity contribution in [2.24, 2.45) is 7.05 Å². The second-order valence-corrected chi connectivity index (χ2v) is 2.65. The number of hydrogen-bond donors (Lipinski definition) is 2. The van der Waals surface area contributed by atoms with Gasteiger partial charge in [0, 0.05) is 7.05 Å². The van der Waals surface area contributed by atoms with Gasteiger partial charge in [-0.2, -0.15) is 0 Å². The van der Waals surface area contributed by atoms with Crippen molar-refractivity contribution in [1.82, 2.24) is 24.4 Å². The molecule has 0 unspecified atom stereocenters. The van der Waals surface area contributed by atoms with E-state index in [0.29, 0.717) is 17.3 Å². The summed E-state index contributed by atoms with van der Waals surface area (Å²) in [5, 5.41) is 7.42. The van der Waals surface area contributed by atoms with E-state index < -0.39 is 0 Å². The zero-order chi connectivity index (χ0) is 9.42. The van der Waals surface area contributed by atoms with Gasteiger partial charge < -0.3 is 16.1 Å². The maximum Gasteiger partial charge on any atom is 0.204 e. The Labute approximate surface area is 74.0 Å². The molecule has 2 heterocycles. The van der Waals surface area contributed by atoms with E-state index in [1.165, 1.54) is 11.0 Å². The van der Waals surface area contributed by atoms with Gasteiger partial charge in [0.15, 0.2) is 5.69 Å². The Hall–Kier alpha value is -2.05. The molecule has 0 atom stereocenters. The third kappa shape index (κ3) is 1.01. The van der Waals surface area contributed by atoms with Gasteiger partial charge in [0.2, 0.25) is 5.82 Å². The van der Waals surface area contributed by atoms with E-state index in [9.17, 15) is 0 Å². The standard InChI is InChI=1S/C6H9N7/c1-12-2-9-4(5(12)7)6-11-10-3-13(6)8/h2-3H,7-8H2,1H3. The first-order valence-electron chi connectivity index (χ1n) is 3.62. The molecule has 68 valence electrons. The Bertz CT molecular complexity index is 426. The average Bonchev–Trinajstić information content (AvgIpc) is 2.62. The van der Waals surface area contributed by atoms with Crippen LogP contribution in [0.3, 0.4) is 0 Å². The van der Waals surface area contributed by atoms with Crippen LogP contribution in [0.5, 0.6) is 0 Å². The number of aromatic nitrogens is 5. The third-order valence-corrected chi connectivity index (χ3v) is 1.77. The normalized spacial score (nSPS) is 10.5. The monoisotopic (exact) mass is 179 g/mol. The fraction of sp³-hybridized carbons (Fsp3) is 0.167. The van der Waals surface area contributed by atoms with Crippen LogP contribution in [0.2, 0.25) is 0 Å². The number of hydrogen-bond acceptors (Lipinski definition) is 5. The predicted octanol–water partition coefficient (Wildman–Crippen LogP) is -1.03. The van der Waals surface area contributed by atoms with Gasteiger partial charge in [-0.15, -0.1) is 10.2 Å². The summed E-state index contributed by atoms with van der Waals surface area (Å²) in [6.07, 6.45) is 2.99. The van der Waals surface area contributed by atoms with Crippen LogP contribution in [0.25, 0.3) is 11.5 Å². The number of aryl methyl sites for hydroxylation is 1. The molecule has 7 heteroatoms. The highest BCUT2D eigenvalue weighted by atomic mass is 15.4. The Morgan fingerprint density at radius 2 is 2.15 bits per heavy atom. The minimum absolute atomic E-state index is 0.457. The molecule has 7 nitrogen and oxygen atoms in total. The highest BCUT2D eigenvalue weighted by Gasteiger charge is 2.12. The zero-order valence-electron chi connectivity index (χ0n) is 7.05. The van der Waals surface area contributed by atoms with Crippen molar-refractivity contribution < 1.29 is 0 Å². The quantitative estimate of drug-likeness (QED) is 0.545. The smallest absolute Gasteiger partial charge is 0.204 e. The van der Waals surface area contributed by atoms with E-state index in [1.54, 1.807) is 17.9 Å². The molecule has 0 aliphatic heterocycles. The van der Waals surface area contributed by atoms with E-state index in [0.717, 1.165) is 0 Å². The molecule has 0 aliphatic carbocycles. The molecular weight excluding hydrogens is 170 g/mol. The lowest BCUT2D eigenvalue weighted by Gasteiger charge is -1.98. The maximum atomic E-state index is 5.73. The largest absolute Gasteiger partial charge is 0.383 e. The first-order chi connectivity index (χ1) is 6.20. The second kappa shape index (κ2) is 2.47. The van der Waals surface area contributed by atoms with Crippen molar-refractivity contribution in [2.45, 2.75) is 0 Å². The lowest BCUT2D eigenvalue weighted by Crippen LogP contribution is -2.09. The Balaban J connectivity index is 2.59. The average molecular weight is 179 g/mol. The van der Waals surface area contributed by atoms with Crippen molar-refractivity contribution in [3.05, 3.63) is 12.7 Å². The summed E-state index contributed by atoms with van der Waals surface area (Å²) in [5.41, 5.74) is 6.27. The molecule has 2 aromatic heterocycles. The lowest BCUT2D eigenvalue weighted by atomic mass is 10.4. The van der Waals surface area contributed by atoms with Crippen LogP contribution in [0.1, 0.15) is 0 Å². The SMILES string of the molecule is Cn1cnc(-c2nncn2N)c1N. The summed E-state index contributed by atoms with van der Waals surface area (Å²) in [7, 11) is 1.79. The number of rotatable bonds is 1. The number of imidazole rings is 1. The van der Waals surface area contributed by atoms with E-state index in [4.69, 9.17) is 11.6 Å². The van der Waals surface area contributed by atoms with Crippen LogP contribution in [0, 0.1) is 0 Å². The molecule has 0 aromatic carbocycles. The number of nitrogens with two attached hydrogens (primary N) is 2. The van der Waals surface area contributed by atoms with Gasteiger partial charge in [0.25, 0.3) is 0 Å². The molecule has 0 radical (unpaired) electrons. The van der Waals surface area contributed by atoms with Crippen LogP contribution >= 0.6 is 0 Å². The van der Waals surface area contributed by atoms with Gasteiger partial charge >= 0.3 is 0 Å². The molecule has 13 heavy (non-hydrogen) atoms. The van der Waals surface area contributed by atoms with Crippen LogP contribution < -0.4 is 11.6 Å². The molecule has 0 saturated heterocycles. The molecular formula is C6H9N7. The topological polar surface area (TPSA) is 101 Å². The molecule has 0 amide bonds. The van der Waals surface area contributed by atoms with E-state index in [1.807, 2.05) is 0 Å². The summed E-state index contributed by atoms with van der Waals surface area (Å²) in [6.45, 7) is 0. The number of nitrogen functional groups attached to an aromatic ring is 2. The molecule has 0 saturated carbocycles. The molecule has 4 N–H and O–H groups in total. The summed E-state index contributed by atoms with van der Waals surface area (Å²) >= 11 is 0. The predicted molar refractivity (Wildman–Crippen MR) is 46.8 cm³/mol. The zero-order valence-corrected chi connectivity index (χ0v) is 7.05. The first kappa shape index (κ1) is 7.59. The minimum atomic E-state index is 0.457. The molecule has 2 rings (SSSR count). The van der Waals surface area contributed by atoms with Gasteiger partial charge in [0.1, 0.15) is 12.1 Å². The molecule has 2 aromatic rings. The Morgan fingerprint density at radius 3 is 2.62 bits per heavy atom. The van der Waals surface area contributed by atoms with Crippen LogP contribution in [-0.4, -0.2) is 24.4 Å². The Morgan fingerprint density at radius 1 is 1.38 bits per heavy atom. The van der Waals surface area contributed by atoms with Crippen molar-refractivity contribution in [3.8, 4) is 11.5 Å². The van der Waals surface area contributed by atoms with Gasteiger partial charge in [-0.3, -0.25) is 0 Å². The summed E-state index contributed by atoms with van der Waals surface area (Å²) < 4.78 is 2.96. The highest BCUT2D eigenvalue weighted by molar-refractivity contribution is 5.64. The molecule has 0 bridgehead atoms. The lowest BCUT2D eigenvalue weighted by molar-refractivity contribution is 0.925. The van der Waals surface area contributed by atoms with Crippen LogP contribution in [-0.2, 0) is 7.05 Å². The van der Waals surface area contributed by atoms with E-state index in [-0.39, 0.29) is 0 Å². The van der Waals surface area contributed by atoms with Gasteiger partial charge in [-0.25, -0.2) is 9.66 Å². The van der Waals surface area contributed by atoms with Gasteiger partial charge in [0.05, 0.1) is 6.33 Å². The van der Waals surface area contributed by atoms with Crippen LogP contribution in [0.15, 0.2) is 12.7 Å². The third-order valence-electron chi connectivity index (χ3n) is 1.77. The van der Waals surface area contributed by atoms with Gasteiger partial charge in [-0.05, 0) is 0 Å². The second-order valence-electron chi connectivity index (χ2n) is 2.65. The summed E-state index contributed by atoms with van der Waals surface area (Å²) in [4.78, 5) is 4.05. The molecule has 0 spiro atoms. The van der Waals surface area contributed by atoms with Crippen molar-refractivity contribution in [3.63, 3.8) is 0 Å². The van der Waals surface area contributed by atoms with Crippen molar-refractivity contribution in [1.29, 1.82) is 0 Å². The van der Waals surface area contributed by atoms with Gasteiger partial charge in [-0.1, -0.05) is 0 Å². The summed E-state index contributed by atoms with van der Waals surface area (Å²) in [6, 6.07) is 0. The fourth-order valence-corrected chi connectivity index (χ4v) is 1.02. The maximum absolute atomic E-state index is 5.73. The van der Waals surface area contributed by atoms with Crippen LogP contribution in [0.4, 0.5) is 5.82 Å². The van der Waals surface area contributed by atoms with E-state index in [2.05, 4.69) is 15.2 Å².